The van der Waals surface area contributed by atoms with Gasteiger partial charge in [-0.1, -0.05) is 11.6 Å². The highest BCUT2D eigenvalue weighted by Gasteiger charge is 2.30. The van der Waals surface area contributed by atoms with Crippen LogP contribution in [-0.2, 0) is 23.3 Å². The molecule has 0 amide bonds. The predicted molar refractivity (Wildman–Crippen MR) is 164 cm³/mol. The number of aryl methyl sites for hydroxylation is 1. The highest BCUT2D eigenvalue weighted by atomic mass is 35.5. The number of carbonyl (C=O) groups is 1. The first-order chi connectivity index (χ1) is 21.0. The van der Waals surface area contributed by atoms with E-state index in [1.807, 2.05) is 43.3 Å². The van der Waals surface area contributed by atoms with Gasteiger partial charge < -0.3 is 14.7 Å². The van der Waals surface area contributed by atoms with Gasteiger partial charge in [0.2, 0.25) is 0 Å². The molecule has 8 nitrogen and oxygen atoms in total. The third-order valence-corrected chi connectivity index (χ3v) is 8.56. The van der Waals surface area contributed by atoms with Gasteiger partial charge in [0.25, 0.3) is 0 Å². The summed E-state index contributed by atoms with van der Waals surface area (Å²) in [5.41, 5.74) is 3.10. The molecule has 44 heavy (non-hydrogen) atoms. The van der Waals surface area contributed by atoms with Crippen molar-refractivity contribution in [3.8, 4) is 11.4 Å². The highest BCUT2D eigenvalue weighted by Crippen LogP contribution is 2.31. The minimum atomic E-state index is -4.43. The van der Waals surface area contributed by atoms with Crippen molar-refractivity contribution in [2.45, 2.75) is 43.3 Å². The number of ether oxygens (including phenoxy) is 1. The number of piperazine rings is 1. The summed E-state index contributed by atoms with van der Waals surface area (Å²) in [6, 6.07) is 18.1. The van der Waals surface area contributed by atoms with E-state index < -0.39 is 23.8 Å². The summed E-state index contributed by atoms with van der Waals surface area (Å²) >= 11 is 7.58. The van der Waals surface area contributed by atoms with Crippen LogP contribution in [0, 0.1) is 6.92 Å². The highest BCUT2D eigenvalue weighted by molar-refractivity contribution is 7.98. The summed E-state index contributed by atoms with van der Waals surface area (Å²) in [5.74, 6) is -0.0693. The second kappa shape index (κ2) is 13.5. The van der Waals surface area contributed by atoms with Crippen molar-refractivity contribution in [1.29, 1.82) is 0 Å². The van der Waals surface area contributed by atoms with E-state index in [1.54, 1.807) is 6.07 Å². The van der Waals surface area contributed by atoms with Crippen LogP contribution in [0.4, 0.5) is 18.9 Å². The van der Waals surface area contributed by atoms with Gasteiger partial charge in [-0.2, -0.15) is 28.2 Å². The normalized spacial score (nSPS) is 14.9. The minimum absolute atomic E-state index is 0.438. The molecule has 13 heteroatoms. The van der Waals surface area contributed by atoms with E-state index >= 15 is 0 Å². The fraction of sp³-hybridized carbons (Fsp3) is 0.323. The maximum atomic E-state index is 13.1. The number of alkyl halides is 3. The van der Waals surface area contributed by atoms with E-state index in [0.717, 1.165) is 65.8 Å². The number of thioether (sulfide) groups is 1. The molecule has 1 fully saturated rings. The largest absolute Gasteiger partial charge is 0.479 e. The number of carboxylic acid groups (broad SMARTS) is 1. The Morgan fingerprint density at radius 3 is 2.23 bits per heavy atom. The molecule has 0 saturated carbocycles. The fourth-order valence-electron chi connectivity index (χ4n) is 4.77. The van der Waals surface area contributed by atoms with Gasteiger partial charge in [-0.3, -0.25) is 4.90 Å². The molecule has 3 aromatic carbocycles. The van der Waals surface area contributed by atoms with Gasteiger partial charge in [0, 0.05) is 54.1 Å². The van der Waals surface area contributed by atoms with Crippen molar-refractivity contribution in [1.82, 2.24) is 19.9 Å². The predicted octanol–water partition coefficient (Wildman–Crippen LogP) is 6.71. The number of aromatic nitrogens is 3. The lowest BCUT2D eigenvalue weighted by atomic mass is 10.2. The second-order valence-corrected chi connectivity index (χ2v) is 12.0. The number of carboxylic acids is 1. The Morgan fingerprint density at radius 1 is 0.977 bits per heavy atom. The van der Waals surface area contributed by atoms with Crippen molar-refractivity contribution >= 4 is 35.0 Å². The molecule has 5 rings (SSSR count). The molecule has 2 heterocycles. The van der Waals surface area contributed by atoms with Crippen LogP contribution in [0.2, 0.25) is 5.02 Å². The van der Waals surface area contributed by atoms with Crippen molar-refractivity contribution < 1.29 is 27.8 Å². The summed E-state index contributed by atoms with van der Waals surface area (Å²) in [7, 11) is 0. The molecule has 4 aromatic rings. The van der Waals surface area contributed by atoms with E-state index in [1.165, 1.54) is 35.6 Å². The third kappa shape index (κ3) is 7.85. The molecular weight excluding hydrogens is 615 g/mol. The van der Waals surface area contributed by atoms with E-state index in [4.69, 9.17) is 26.5 Å². The SMILES string of the molecule is Cc1cc(SCc2nn(-c3ccc(C(F)(F)F)cc3)nc2CN2CCN(c3ccc(Cl)cc3)CC2)ccc1OC(C)C(=O)O. The molecule has 1 atom stereocenters. The van der Waals surface area contributed by atoms with Crippen LogP contribution in [0.3, 0.4) is 0 Å². The van der Waals surface area contributed by atoms with Gasteiger partial charge >= 0.3 is 12.1 Å². The van der Waals surface area contributed by atoms with E-state index in [-0.39, 0.29) is 0 Å². The lowest BCUT2D eigenvalue weighted by Crippen LogP contribution is -2.46. The molecule has 1 N–H and O–H groups in total. The molecule has 1 saturated heterocycles. The van der Waals surface area contributed by atoms with E-state index in [9.17, 15) is 18.0 Å². The molecule has 0 spiro atoms. The first-order valence-corrected chi connectivity index (χ1v) is 15.3. The quantitative estimate of drug-likeness (QED) is 0.191. The summed E-state index contributed by atoms with van der Waals surface area (Å²) in [6.07, 6.45) is -5.40. The smallest absolute Gasteiger partial charge is 0.416 e. The summed E-state index contributed by atoms with van der Waals surface area (Å²) in [4.78, 5) is 18.1. The zero-order valence-electron chi connectivity index (χ0n) is 24.1. The topological polar surface area (TPSA) is 83.7 Å². The van der Waals surface area contributed by atoms with E-state index in [2.05, 4.69) is 14.9 Å². The number of nitrogens with zero attached hydrogens (tertiary/aromatic N) is 5. The number of rotatable bonds is 10. The number of hydrogen-bond donors (Lipinski definition) is 1. The van der Waals surface area contributed by atoms with Gasteiger partial charge in [0.15, 0.2) is 6.10 Å². The first kappa shape index (κ1) is 31.7. The standard InChI is InChI=1S/C31H31ClF3N5O3S/c1-20-17-26(11-12-29(20)43-21(2)30(41)42)44-19-28-27(36-40(37-28)25-7-3-22(4-8-25)31(33,34)35)18-38-13-15-39(16-14-38)24-9-5-23(32)6-10-24/h3-12,17,21H,13-16,18-19H2,1-2H3,(H,41,42). The Kier molecular flexibility index (Phi) is 9.72. The van der Waals surface area contributed by atoms with Gasteiger partial charge in [0.1, 0.15) is 11.4 Å². The molecule has 1 aliphatic heterocycles. The Bertz CT molecular complexity index is 1590. The molecule has 0 bridgehead atoms. The van der Waals surface area contributed by atoms with Crippen LogP contribution in [0.1, 0.15) is 29.4 Å². The fourth-order valence-corrected chi connectivity index (χ4v) is 5.84. The molecule has 232 valence electrons. The zero-order valence-corrected chi connectivity index (χ0v) is 25.7. The monoisotopic (exact) mass is 645 g/mol. The molecule has 0 radical (unpaired) electrons. The molecule has 1 unspecified atom stereocenters. The third-order valence-electron chi connectivity index (χ3n) is 7.30. The lowest BCUT2D eigenvalue weighted by molar-refractivity contribution is -0.144. The number of hydrogen-bond acceptors (Lipinski definition) is 7. The Labute approximate surface area is 262 Å². The Hall–Kier alpha value is -3.74. The number of aliphatic carboxylic acids is 1. The second-order valence-electron chi connectivity index (χ2n) is 10.5. The van der Waals surface area contributed by atoms with Crippen LogP contribution in [0.25, 0.3) is 5.69 Å². The summed E-state index contributed by atoms with van der Waals surface area (Å²) in [5, 5.41) is 19.2. The van der Waals surface area contributed by atoms with Crippen molar-refractivity contribution in [2.75, 3.05) is 31.1 Å². The average molecular weight is 646 g/mol. The van der Waals surface area contributed by atoms with Crippen LogP contribution in [0.15, 0.2) is 71.6 Å². The van der Waals surface area contributed by atoms with Crippen molar-refractivity contribution in [3.05, 3.63) is 94.3 Å². The summed E-state index contributed by atoms with van der Waals surface area (Å²) < 4.78 is 44.9. The average Bonchev–Trinajstić information content (AvgIpc) is 3.40. The maximum Gasteiger partial charge on any atom is 0.416 e. The maximum absolute atomic E-state index is 13.1. The van der Waals surface area contributed by atoms with E-state index in [0.29, 0.717) is 28.8 Å². The molecular formula is C31H31ClF3N5O3S. The van der Waals surface area contributed by atoms with Crippen molar-refractivity contribution in [2.24, 2.45) is 0 Å². The van der Waals surface area contributed by atoms with Crippen LogP contribution in [0.5, 0.6) is 5.75 Å². The van der Waals surface area contributed by atoms with Crippen molar-refractivity contribution in [3.63, 3.8) is 0 Å². The lowest BCUT2D eigenvalue weighted by Gasteiger charge is -2.35. The molecule has 0 aliphatic carbocycles. The molecule has 1 aromatic heterocycles. The van der Waals surface area contributed by atoms with Crippen LogP contribution >= 0.6 is 23.4 Å². The van der Waals surface area contributed by atoms with Gasteiger partial charge in [-0.25, -0.2) is 4.79 Å². The zero-order chi connectivity index (χ0) is 31.4. The van der Waals surface area contributed by atoms with Crippen LogP contribution in [-0.4, -0.2) is 63.3 Å². The van der Waals surface area contributed by atoms with Gasteiger partial charge in [-0.05, 0) is 86.1 Å². The number of benzene rings is 3. The number of anilines is 1. The molecule has 1 aliphatic rings. The summed E-state index contributed by atoms with van der Waals surface area (Å²) in [6.45, 7) is 7.13. The van der Waals surface area contributed by atoms with Gasteiger partial charge in [0.05, 0.1) is 16.9 Å². The Balaban J connectivity index is 1.32. The van der Waals surface area contributed by atoms with Crippen LogP contribution < -0.4 is 9.64 Å². The number of halogens is 4. The minimum Gasteiger partial charge on any atom is -0.479 e. The Morgan fingerprint density at radius 2 is 1.61 bits per heavy atom. The first-order valence-electron chi connectivity index (χ1n) is 13.9. The van der Waals surface area contributed by atoms with Gasteiger partial charge in [-0.15, -0.1) is 11.8 Å².